The molecule has 0 aliphatic carbocycles. The van der Waals surface area contributed by atoms with Gasteiger partial charge in [-0.25, -0.2) is 4.28 Å². The summed E-state index contributed by atoms with van der Waals surface area (Å²) in [5.74, 6) is 0. The van der Waals surface area contributed by atoms with Crippen molar-refractivity contribution in [2.45, 2.75) is 36.3 Å². The second kappa shape index (κ2) is 10.8. The van der Waals surface area contributed by atoms with Crippen LogP contribution >= 0.6 is 11.8 Å². The largest absolute Gasteiger partial charge is 0.466 e. The number of aliphatic hydroxyl groups excluding tert-OH is 4. The maximum atomic E-state index is 10.5. The van der Waals surface area contributed by atoms with Crippen LogP contribution < -0.4 is 0 Å². The number of nitrogens with zero attached hydrogens (tertiary/aromatic N) is 1. The molecule has 1 aliphatic heterocycles. The molecule has 0 unspecified atom stereocenters. The molecule has 0 aromatic rings. The fourth-order valence-electron chi connectivity index (χ4n) is 1.62. The van der Waals surface area contributed by atoms with E-state index >= 15 is 0 Å². The molecule has 0 aromatic heterocycles. The van der Waals surface area contributed by atoms with Crippen LogP contribution in [0.5, 0.6) is 0 Å². The number of rotatable bonds is 6. The summed E-state index contributed by atoms with van der Waals surface area (Å²) in [4.78, 5) is 0. The summed E-state index contributed by atoms with van der Waals surface area (Å²) in [6, 6.07) is 0. The van der Waals surface area contributed by atoms with E-state index in [4.69, 9.17) is 14.4 Å². The van der Waals surface area contributed by atoms with Crippen LogP contribution in [0.2, 0.25) is 0 Å². The average Bonchev–Trinajstić information content (AvgIpc) is 2.44. The first-order valence-corrected chi connectivity index (χ1v) is 8.25. The van der Waals surface area contributed by atoms with Crippen molar-refractivity contribution in [3.8, 4) is 0 Å². The van der Waals surface area contributed by atoms with Gasteiger partial charge in [-0.15, -0.1) is 6.58 Å². The smallest absolute Gasteiger partial charge is 0.394 e. The van der Waals surface area contributed by atoms with E-state index in [1.54, 1.807) is 0 Å². The molecule has 1 heterocycles. The fourth-order valence-corrected chi connectivity index (χ4v) is 2.91. The summed E-state index contributed by atoms with van der Waals surface area (Å²) >= 11 is 0.688. The Morgan fingerprint density at radius 2 is 1.91 bits per heavy atom. The molecule has 10 nitrogen and oxygen atoms in total. The van der Waals surface area contributed by atoms with Gasteiger partial charge in [0.05, 0.1) is 6.61 Å². The number of ether oxygens (including phenoxy) is 1. The molecule has 0 aromatic carbocycles. The molecule has 129 valence electrons. The van der Waals surface area contributed by atoms with E-state index in [1.807, 2.05) is 0 Å². The minimum Gasteiger partial charge on any atom is -0.394 e. The molecular weight excluding hydrogens is 381 g/mol. The van der Waals surface area contributed by atoms with Crippen molar-refractivity contribution in [1.82, 2.24) is 0 Å². The number of hydrogen-bond donors (Lipinski definition) is 5. The molecular formula is C10H17KNO9S2. The Kier molecular flexibility index (Phi) is 11.2. The van der Waals surface area contributed by atoms with Crippen LogP contribution in [0.3, 0.4) is 0 Å². The Labute approximate surface area is 179 Å². The molecule has 1 rings (SSSR count). The zero-order chi connectivity index (χ0) is 16.9. The molecule has 13 heteroatoms. The summed E-state index contributed by atoms with van der Waals surface area (Å²) in [5, 5.41) is 41.3. The molecule has 23 heavy (non-hydrogen) atoms. The maximum absolute atomic E-state index is 10.5. The Hall–Kier alpha value is 0.906. The summed E-state index contributed by atoms with van der Waals surface area (Å²) in [7, 11) is -4.79. The van der Waals surface area contributed by atoms with Crippen LogP contribution in [-0.4, -0.2) is 126 Å². The molecule has 1 fully saturated rings. The van der Waals surface area contributed by atoms with Crippen molar-refractivity contribution in [2.75, 3.05) is 6.61 Å². The van der Waals surface area contributed by atoms with E-state index < -0.39 is 46.9 Å². The van der Waals surface area contributed by atoms with Gasteiger partial charge in [0.1, 0.15) is 34.9 Å². The molecule has 5 atom stereocenters. The van der Waals surface area contributed by atoms with Gasteiger partial charge in [0.2, 0.25) is 0 Å². The Bertz CT molecular complexity index is 512. The van der Waals surface area contributed by atoms with E-state index in [9.17, 15) is 23.7 Å². The standard InChI is InChI=1S/C10H17NO9S2.K/c1-2-3-6(11-20-22(16,17)18)21-10-9(15)8(14)7(13)5(4-12)19-10;/h2,5,7-10,12-15H,1,3-4H2,(H,16,17,18);/t5-,7-,8+,9-,10+;/m1./s1. The summed E-state index contributed by atoms with van der Waals surface area (Å²) in [6.45, 7) is 2.82. The van der Waals surface area contributed by atoms with Gasteiger partial charge in [-0.1, -0.05) is 23.0 Å². The van der Waals surface area contributed by atoms with E-state index in [0.29, 0.717) is 11.8 Å². The predicted octanol–water partition coefficient (Wildman–Crippen LogP) is -2.15. The minimum atomic E-state index is -4.79. The molecule has 0 amide bonds. The Balaban J connectivity index is 0.00000484. The molecule has 1 aliphatic rings. The number of thioether (sulfide) groups is 1. The van der Waals surface area contributed by atoms with E-state index in [1.165, 1.54) is 6.08 Å². The van der Waals surface area contributed by atoms with E-state index in [-0.39, 0.29) is 62.8 Å². The topological polar surface area (TPSA) is 166 Å². The van der Waals surface area contributed by atoms with Gasteiger partial charge < -0.3 is 25.2 Å². The van der Waals surface area contributed by atoms with E-state index in [2.05, 4.69) is 16.0 Å². The third kappa shape index (κ3) is 7.77. The third-order valence-corrected chi connectivity index (χ3v) is 4.05. The summed E-state index contributed by atoms with van der Waals surface area (Å²) < 4.78 is 38.5. The van der Waals surface area contributed by atoms with Crippen LogP contribution in [0.15, 0.2) is 17.8 Å². The van der Waals surface area contributed by atoms with Crippen molar-refractivity contribution in [3.63, 3.8) is 0 Å². The van der Waals surface area contributed by atoms with Crippen LogP contribution in [-0.2, 0) is 19.4 Å². The van der Waals surface area contributed by atoms with Gasteiger partial charge in [0.15, 0.2) is 0 Å². The van der Waals surface area contributed by atoms with Crippen molar-refractivity contribution in [1.29, 1.82) is 0 Å². The molecule has 1 saturated heterocycles. The van der Waals surface area contributed by atoms with Crippen molar-refractivity contribution < 1.29 is 42.4 Å². The van der Waals surface area contributed by atoms with Gasteiger partial charge in [0.25, 0.3) is 0 Å². The molecule has 0 bridgehead atoms. The second-order valence-electron chi connectivity index (χ2n) is 4.30. The first-order chi connectivity index (χ1) is 10.2. The fraction of sp³-hybridized carbons (Fsp3) is 0.700. The van der Waals surface area contributed by atoms with Crippen molar-refractivity contribution >= 4 is 78.6 Å². The van der Waals surface area contributed by atoms with Gasteiger partial charge in [0, 0.05) is 57.8 Å². The van der Waals surface area contributed by atoms with Crippen LogP contribution in [0.4, 0.5) is 0 Å². The zero-order valence-electron chi connectivity index (χ0n) is 12.2. The molecule has 5 N–H and O–H groups in total. The molecule has 0 saturated carbocycles. The van der Waals surface area contributed by atoms with Gasteiger partial charge in [-0.2, -0.15) is 8.42 Å². The summed E-state index contributed by atoms with van der Waals surface area (Å²) in [5.41, 5.74) is -1.15. The SMILES string of the molecule is C=CCC(=NOS(=O)(=O)O)S[C@@H]1O[C@H](CO)[C@@H](O)[C@H](O)[C@H]1O.[K]. The zero-order valence-corrected chi connectivity index (χ0v) is 17.0. The normalized spacial score (nSPS) is 32.0. The number of oxime groups is 1. The van der Waals surface area contributed by atoms with Gasteiger partial charge in [-0.05, 0) is 0 Å². The second-order valence-corrected chi connectivity index (χ2v) is 6.47. The molecule has 0 spiro atoms. The Morgan fingerprint density at radius 3 is 2.39 bits per heavy atom. The summed E-state index contributed by atoms with van der Waals surface area (Å²) in [6.07, 6.45) is -4.34. The van der Waals surface area contributed by atoms with E-state index in [0.717, 1.165) is 0 Å². The van der Waals surface area contributed by atoms with Crippen molar-refractivity contribution in [3.05, 3.63) is 12.7 Å². The number of aliphatic hydroxyl groups is 4. The molecule has 1 radical (unpaired) electrons. The van der Waals surface area contributed by atoms with Crippen molar-refractivity contribution in [2.24, 2.45) is 5.16 Å². The van der Waals surface area contributed by atoms with Gasteiger partial charge >= 0.3 is 10.4 Å². The third-order valence-electron chi connectivity index (χ3n) is 2.65. The first-order valence-electron chi connectivity index (χ1n) is 6.00. The minimum absolute atomic E-state index is 0. The quantitative estimate of drug-likeness (QED) is 0.0831. The first kappa shape index (κ1) is 23.9. The van der Waals surface area contributed by atoms with Crippen LogP contribution in [0.1, 0.15) is 6.42 Å². The number of hydrogen-bond acceptors (Lipinski definition) is 10. The maximum Gasteiger partial charge on any atom is 0.466 e. The average molecular weight is 398 g/mol. The monoisotopic (exact) mass is 398 g/mol. The predicted molar refractivity (Wildman–Crippen MR) is 82.0 cm³/mol. The number of allylic oxidation sites excluding steroid dienone is 1. The van der Waals surface area contributed by atoms with Crippen LogP contribution in [0.25, 0.3) is 0 Å². The Morgan fingerprint density at radius 1 is 1.30 bits per heavy atom. The van der Waals surface area contributed by atoms with Crippen LogP contribution in [0, 0.1) is 0 Å². The van der Waals surface area contributed by atoms with Gasteiger partial charge in [-0.3, -0.25) is 4.55 Å².